The third-order valence-electron chi connectivity index (χ3n) is 3.10. The second kappa shape index (κ2) is 5.43. The molecule has 0 aliphatic heterocycles. The van der Waals surface area contributed by atoms with Gasteiger partial charge in [-0.2, -0.15) is 0 Å². The Labute approximate surface area is 118 Å². The van der Waals surface area contributed by atoms with Crippen molar-refractivity contribution in [2.45, 2.75) is 38.3 Å². The number of rotatable bonds is 5. The summed E-state index contributed by atoms with van der Waals surface area (Å²) in [5.41, 5.74) is 6.12. The van der Waals surface area contributed by atoms with Crippen molar-refractivity contribution in [3.63, 3.8) is 0 Å². The van der Waals surface area contributed by atoms with Crippen molar-refractivity contribution < 1.29 is 17.3 Å². The van der Waals surface area contributed by atoms with E-state index < -0.39 is 16.1 Å². The minimum Gasteiger partial charge on any atom is -0.468 e. The summed E-state index contributed by atoms with van der Waals surface area (Å²) in [6.45, 7) is 5.12. The molecule has 110 valence electrons. The van der Waals surface area contributed by atoms with Crippen LogP contribution in [0.5, 0.6) is 0 Å². The Morgan fingerprint density at radius 3 is 2.60 bits per heavy atom. The van der Waals surface area contributed by atoms with Crippen molar-refractivity contribution >= 4 is 10.0 Å². The molecule has 0 radical (unpaired) electrons. The summed E-state index contributed by atoms with van der Waals surface area (Å²) in [6, 6.07) is 2.94. The van der Waals surface area contributed by atoms with Gasteiger partial charge in [-0.05, 0) is 32.9 Å². The van der Waals surface area contributed by atoms with Crippen LogP contribution in [0.4, 0.5) is 0 Å². The number of nitrogens with one attached hydrogen (secondary N) is 1. The molecule has 1 unspecified atom stereocenters. The van der Waals surface area contributed by atoms with E-state index in [0.29, 0.717) is 22.8 Å². The smallest absolute Gasteiger partial charge is 0.245 e. The van der Waals surface area contributed by atoms with E-state index in [0.717, 1.165) is 0 Å². The molecule has 7 heteroatoms. The SMILES string of the molecule is Cc1oc(C)c(S(=O)(=O)NC(C)c2ccco2)c1CN. The van der Waals surface area contributed by atoms with Crippen molar-refractivity contribution in [3.8, 4) is 0 Å². The quantitative estimate of drug-likeness (QED) is 0.879. The molecule has 0 fully saturated rings. The Morgan fingerprint density at radius 1 is 1.35 bits per heavy atom. The standard InChI is InChI=1S/C13H18N2O4S/c1-8(12-5-4-6-18-12)15-20(16,17)13-10(3)19-9(2)11(13)7-14/h4-6,8,15H,7,14H2,1-3H3. The molecule has 0 amide bonds. The molecule has 2 aromatic rings. The Kier molecular flexibility index (Phi) is 4.03. The lowest BCUT2D eigenvalue weighted by Crippen LogP contribution is -2.28. The van der Waals surface area contributed by atoms with Gasteiger partial charge in [-0.25, -0.2) is 13.1 Å². The van der Waals surface area contributed by atoms with Crippen LogP contribution >= 0.6 is 0 Å². The van der Waals surface area contributed by atoms with E-state index in [-0.39, 0.29) is 11.4 Å². The van der Waals surface area contributed by atoms with Crippen molar-refractivity contribution in [1.82, 2.24) is 4.72 Å². The molecular formula is C13H18N2O4S. The molecule has 20 heavy (non-hydrogen) atoms. The first-order chi connectivity index (χ1) is 9.36. The Hall–Kier alpha value is -1.57. The van der Waals surface area contributed by atoms with Crippen LogP contribution in [0.2, 0.25) is 0 Å². The fourth-order valence-electron chi connectivity index (χ4n) is 2.19. The summed E-state index contributed by atoms with van der Waals surface area (Å²) in [7, 11) is -3.72. The molecular weight excluding hydrogens is 280 g/mol. The maximum atomic E-state index is 12.5. The zero-order valence-electron chi connectivity index (χ0n) is 11.6. The molecule has 0 spiro atoms. The molecule has 0 aliphatic rings. The van der Waals surface area contributed by atoms with Gasteiger partial charge in [-0.15, -0.1) is 0 Å². The molecule has 2 aromatic heterocycles. The van der Waals surface area contributed by atoms with Gasteiger partial charge in [0.25, 0.3) is 0 Å². The van der Waals surface area contributed by atoms with E-state index in [1.54, 1.807) is 32.9 Å². The fourth-order valence-corrected chi connectivity index (χ4v) is 3.86. The van der Waals surface area contributed by atoms with E-state index >= 15 is 0 Å². The number of sulfonamides is 1. The summed E-state index contributed by atoms with van der Waals surface area (Å²) in [5, 5.41) is 0. The average molecular weight is 298 g/mol. The molecule has 0 saturated heterocycles. The van der Waals surface area contributed by atoms with Crippen molar-refractivity contribution in [2.75, 3.05) is 0 Å². The van der Waals surface area contributed by atoms with Gasteiger partial charge in [0.1, 0.15) is 22.2 Å². The molecule has 0 bridgehead atoms. The van der Waals surface area contributed by atoms with E-state index in [1.807, 2.05) is 0 Å². The summed E-state index contributed by atoms with van der Waals surface area (Å²) >= 11 is 0. The third kappa shape index (κ3) is 2.65. The molecule has 3 N–H and O–H groups in total. The first-order valence-electron chi connectivity index (χ1n) is 6.21. The van der Waals surface area contributed by atoms with Crippen LogP contribution in [0.3, 0.4) is 0 Å². The van der Waals surface area contributed by atoms with Gasteiger partial charge in [0.2, 0.25) is 10.0 Å². The lowest BCUT2D eigenvalue weighted by Gasteiger charge is -2.12. The Bertz CT molecular complexity index is 686. The van der Waals surface area contributed by atoms with Crippen LogP contribution in [0.15, 0.2) is 32.1 Å². The zero-order chi connectivity index (χ0) is 14.9. The fraction of sp³-hybridized carbons (Fsp3) is 0.385. The molecule has 0 saturated carbocycles. The molecule has 0 aliphatic carbocycles. The number of aryl methyl sites for hydroxylation is 2. The third-order valence-corrected chi connectivity index (χ3v) is 4.83. The highest BCUT2D eigenvalue weighted by Crippen LogP contribution is 2.27. The maximum Gasteiger partial charge on any atom is 0.245 e. The molecule has 1 atom stereocenters. The summed E-state index contributed by atoms with van der Waals surface area (Å²) in [4.78, 5) is 0.121. The van der Waals surface area contributed by atoms with E-state index in [4.69, 9.17) is 14.6 Å². The van der Waals surface area contributed by atoms with Crippen LogP contribution in [0.1, 0.15) is 35.8 Å². The number of furan rings is 2. The van der Waals surface area contributed by atoms with Crippen LogP contribution in [-0.4, -0.2) is 8.42 Å². The summed E-state index contributed by atoms with van der Waals surface area (Å²) in [6.07, 6.45) is 1.50. The summed E-state index contributed by atoms with van der Waals surface area (Å²) < 4.78 is 38.1. The second-order valence-corrected chi connectivity index (χ2v) is 6.24. The Morgan fingerprint density at radius 2 is 2.05 bits per heavy atom. The predicted octanol–water partition coefficient (Wildman–Crippen LogP) is 1.99. The van der Waals surface area contributed by atoms with Gasteiger partial charge in [-0.1, -0.05) is 0 Å². The van der Waals surface area contributed by atoms with Crippen molar-refractivity contribution in [2.24, 2.45) is 5.73 Å². The largest absolute Gasteiger partial charge is 0.468 e. The predicted molar refractivity (Wildman–Crippen MR) is 73.5 cm³/mol. The van der Waals surface area contributed by atoms with E-state index in [9.17, 15) is 8.42 Å². The van der Waals surface area contributed by atoms with Crippen LogP contribution in [0.25, 0.3) is 0 Å². The van der Waals surface area contributed by atoms with Gasteiger partial charge in [-0.3, -0.25) is 0 Å². The second-order valence-electron chi connectivity index (χ2n) is 4.58. The highest BCUT2D eigenvalue weighted by molar-refractivity contribution is 7.89. The lowest BCUT2D eigenvalue weighted by molar-refractivity contribution is 0.458. The van der Waals surface area contributed by atoms with Gasteiger partial charge in [0.05, 0.1) is 12.3 Å². The van der Waals surface area contributed by atoms with Gasteiger partial charge in [0, 0.05) is 12.1 Å². The van der Waals surface area contributed by atoms with E-state index in [2.05, 4.69) is 4.72 Å². The Balaban J connectivity index is 2.36. The van der Waals surface area contributed by atoms with Gasteiger partial charge >= 0.3 is 0 Å². The molecule has 0 aromatic carbocycles. The topological polar surface area (TPSA) is 98.5 Å². The highest BCUT2D eigenvalue weighted by atomic mass is 32.2. The monoisotopic (exact) mass is 298 g/mol. The number of nitrogens with two attached hydrogens (primary N) is 1. The molecule has 2 heterocycles. The zero-order valence-corrected chi connectivity index (χ0v) is 12.5. The average Bonchev–Trinajstić information content (AvgIpc) is 2.95. The van der Waals surface area contributed by atoms with Gasteiger partial charge in [0.15, 0.2) is 0 Å². The molecule has 2 rings (SSSR count). The van der Waals surface area contributed by atoms with Crippen LogP contribution < -0.4 is 10.5 Å². The summed E-state index contributed by atoms with van der Waals surface area (Å²) in [5.74, 6) is 1.40. The first-order valence-corrected chi connectivity index (χ1v) is 7.69. The van der Waals surface area contributed by atoms with Crippen LogP contribution in [0, 0.1) is 13.8 Å². The van der Waals surface area contributed by atoms with Crippen molar-refractivity contribution in [1.29, 1.82) is 0 Å². The minimum absolute atomic E-state index is 0.106. The first kappa shape index (κ1) is 14.8. The van der Waals surface area contributed by atoms with Crippen molar-refractivity contribution in [3.05, 3.63) is 41.2 Å². The molecule has 6 nitrogen and oxygen atoms in total. The van der Waals surface area contributed by atoms with E-state index in [1.165, 1.54) is 6.26 Å². The normalized spacial score (nSPS) is 13.6. The lowest BCUT2D eigenvalue weighted by atomic mass is 10.2. The number of hydrogen-bond acceptors (Lipinski definition) is 5. The highest BCUT2D eigenvalue weighted by Gasteiger charge is 2.28. The minimum atomic E-state index is -3.72. The maximum absolute atomic E-state index is 12.5. The number of hydrogen-bond donors (Lipinski definition) is 2. The van der Waals surface area contributed by atoms with Gasteiger partial charge < -0.3 is 14.6 Å². The van der Waals surface area contributed by atoms with Crippen LogP contribution in [-0.2, 0) is 16.6 Å².